The second-order valence-corrected chi connectivity index (χ2v) is 7.46. The molecule has 0 atom stereocenters. The normalized spacial score (nSPS) is 19.8. The molecule has 0 unspecified atom stereocenters. The van der Waals surface area contributed by atoms with E-state index in [9.17, 15) is 14.9 Å². The molecule has 1 aromatic rings. The van der Waals surface area contributed by atoms with E-state index in [4.69, 9.17) is 0 Å². The van der Waals surface area contributed by atoms with E-state index in [-0.39, 0.29) is 22.4 Å². The summed E-state index contributed by atoms with van der Waals surface area (Å²) >= 11 is 0. The minimum absolute atomic E-state index is 0.0413. The van der Waals surface area contributed by atoms with Crippen molar-refractivity contribution in [3.05, 3.63) is 34.4 Å². The van der Waals surface area contributed by atoms with Gasteiger partial charge in [-0.05, 0) is 32.8 Å². The molecule has 0 saturated carbocycles. The SMILES string of the molecule is CC(C)N1CCN(C(=O)C2CCN(c3ccccc3[N+](=O)[O-])CC2)CC1. The van der Waals surface area contributed by atoms with Crippen LogP contribution in [0.2, 0.25) is 0 Å². The van der Waals surface area contributed by atoms with Gasteiger partial charge in [0.05, 0.1) is 4.92 Å². The fourth-order valence-electron chi connectivity index (χ4n) is 3.97. The lowest BCUT2D eigenvalue weighted by Gasteiger charge is -2.40. The van der Waals surface area contributed by atoms with E-state index in [1.54, 1.807) is 18.2 Å². The number of piperidine rings is 1. The van der Waals surface area contributed by atoms with Crippen molar-refractivity contribution in [2.24, 2.45) is 5.92 Å². The van der Waals surface area contributed by atoms with Crippen molar-refractivity contribution in [3.63, 3.8) is 0 Å². The van der Waals surface area contributed by atoms with Gasteiger partial charge in [0.2, 0.25) is 5.91 Å². The molecule has 0 spiro atoms. The molecule has 2 aliphatic heterocycles. The Morgan fingerprint density at radius 2 is 1.69 bits per heavy atom. The van der Waals surface area contributed by atoms with Crippen LogP contribution in [0.25, 0.3) is 0 Å². The van der Waals surface area contributed by atoms with Crippen LogP contribution in [0.3, 0.4) is 0 Å². The zero-order chi connectivity index (χ0) is 18.7. The number of para-hydroxylation sites is 2. The Balaban J connectivity index is 1.56. The topological polar surface area (TPSA) is 69.9 Å². The number of piperazine rings is 1. The number of hydrogen-bond donors (Lipinski definition) is 0. The van der Waals surface area contributed by atoms with Crippen LogP contribution in [0, 0.1) is 16.0 Å². The van der Waals surface area contributed by atoms with Gasteiger partial charge >= 0.3 is 0 Å². The Morgan fingerprint density at radius 3 is 2.27 bits per heavy atom. The number of hydrogen-bond acceptors (Lipinski definition) is 5. The number of benzene rings is 1. The van der Waals surface area contributed by atoms with Crippen molar-refractivity contribution >= 4 is 17.3 Å². The number of nitrogens with zero attached hydrogens (tertiary/aromatic N) is 4. The van der Waals surface area contributed by atoms with Crippen molar-refractivity contribution in [3.8, 4) is 0 Å². The van der Waals surface area contributed by atoms with Gasteiger partial charge in [0.1, 0.15) is 5.69 Å². The minimum atomic E-state index is -0.333. The first-order chi connectivity index (χ1) is 12.5. The molecular weight excluding hydrogens is 332 g/mol. The second-order valence-electron chi connectivity index (χ2n) is 7.46. The number of carbonyl (C=O) groups is 1. The first-order valence-electron chi connectivity index (χ1n) is 9.48. The van der Waals surface area contributed by atoms with E-state index in [0.717, 1.165) is 39.0 Å². The molecular formula is C19H28N4O3. The highest BCUT2D eigenvalue weighted by molar-refractivity contribution is 5.79. The Hall–Kier alpha value is -2.15. The summed E-state index contributed by atoms with van der Waals surface area (Å²) in [5.74, 6) is 0.301. The molecule has 0 N–H and O–H groups in total. The van der Waals surface area contributed by atoms with Crippen molar-refractivity contribution in [1.29, 1.82) is 0 Å². The average Bonchev–Trinajstić information content (AvgIpc) is 2.67. The standard InChI is InChI=1S/C19H28N4O3/c1-15(2)20-11-13-22(14-12-20)19(24)16-7-9-21(10-8-16)17-5-3-4-6-18(17)23(25)26/h3-6,15-16H,7-14H2,1-2H3. The van der Waals surface area contributed by atoms with Crippen LogP contribution in [0.1, 0.15) is 26.7 Å². The van der Waals surface area contributed by atoms with E-state index in [1.807, 2.05) is 15.9 Å². The van der Waals surface area contributed by atoms with Crippen LogP contribution in [0.4, 0.5) is 11.4 Å². The molecule has 1 amide bonds. The van der Waals surface area contributed by atoms with E-state index in [2.05, 4.69) is 18.7 Å². The number of carbonyl (C=O) groups excluding carboxylic acids is 1. The molecule has 142 valence electrons. The summed E-state index contributed by atoms with van der Waals surface area (Å²) < 4.78 is 0. The third kappa shape index (κ3) is 3.98. The second kappa shape index (κ2) is 8.03. The fraction of sp³-hybridized carbons (Fsp3) is 0.632. The fourth-order valence-corrected chi connectivity index (χ4v) is 3.97. The van der Waals surface area contributed by atoms with Gasteiger partial charge in [-0.15, -0.1) is 0 Å². The molecule has 2 aliphatic rings. The van der Waals surface area contributed by atoms with Crippen molar-refractivity contribution in [2.75, 3.05) is 44.2 Å². The van der Waals surface area contributed by atoms with E-state index >= 15 is 0 Å². The third-order valence-corrected chi connectivity index (χ3v) is 5.62. The predicted octanol–water partition coefficient (Wildman–Crippen LogP) is 2.36. The van der Waals surface area contributed by atoms with Crippen LogP contribution in [0.5, 0.6) is 0 Å². The zero-order valence-corrected chi connectivity index (χ0v) is 15.6. The van der Waals surface area contributed by atoms with Gasteiger partial charge in [-0.25, -0.2) is 0 Å². The van der Waals surface area contributed by atoms with Crippen molar-refractivity contribution in [2.45, 2.75) is 32.7 Å². The van der Waals surface area contributed by atoms with Gasteiger partial charge in [0, 0.05) is 57.3 Å². The predicted molar refractivity (Wildman–Crippen MR) is 101 cm³/mol. The van der Waals surface area contributed by atoms with Crippen molar-refractivity contribution < 1.29 is 9.72 Å². The van der Waals surface area contributed by atoms with Gasteiger partial charge in [0.15, 0.2) is 0 Å². The molecule has 26 heavy (non-hydrogen) atoms. The summed E-state index contributed by atoms with van der Waals surface area (Å²) in [7, 11) is 0. The summed E-state index contributed by atoms with van der Waals surface area (Å²) in [6, 6.07) is 7.38. The maximum absolute atomic E-state index is 12.8. The molecule has 0 aliphatic carbocycles. The monoisotopic (exact) mass is 360 g/mol. The van der Waals surface area contributed by atoms with Crippen LogP contribution in [-0.4, -0.2) is 65.9 Å². The average molecular weight is 360 g/mol. The molecule has 2 fully saturated rings. The van der Waals surface area contributed by atoms with Crippen molar-refractivity contribution in [1.82, 2.24) is 9.80 Å². The van der Waals surface area contributed by atoms with Gasteiger partial charge in [-0.3, -0.25) is 19.8 Å². The first-order valence-corrected chi connectivity index (χ1v) is 9.48. The highest BCUT2D eigenvalue weighted by Crippen LogP contribution is 2.31. The van der Waals surface area contributed by atoms with Gasteiger partial charge in [0.25, 0.3) is 5.69 Å². The van der Waals surface area contributed by atoms with Crippen LogP contribution in [-0.2, 0) is 4.79 Å². The van der Waals surface area contributed by atoms with Gasteiger partial charge in [-0.1, -0.05) is 12.1 Å². The first kappa shape index (κ1) is 18.6. The maximum Gasteiger partial charge on any atom is 0.292 e. The summed E-state index contributed by atoms with van der Waals surface area (Å²) in [4.78, 5) is 30.2. The number of rotatable bonds is 4. The largest absolute Gasteiger partial charge is 0.366 e. The Bertz CT molecular complexity index is 648. The molecule has 3 rings (SSSR count). The molecule has 7 heteroatoms. The summed E-state index contributed by atoms with van der Waals surface area (Å²) in [6.07, 6.45) is 1.52. The van der Waals surface area contributed by atoms with Crippen LogP contribution < -0.4 is 4.90 Å². The highest BCUT2D eigenvalue weighted by Gasteiger charge is 2.32. The maximum atomic E-state index is 12.8. The van der Waals surface area contributed by atoms with Crippen LogP contribution in [0.15, 0.2) is 24.3 Å². The van der Waals surface area contributed by atoms with E-state index < -0.39 is 0 Å². The molecule has 7 nitrogen and oxygen atoms in total. The Morgan fingerprint density at radius 1 is 1.08 bits per heavy atom. The molecule has 2 heterocycles. The third-order valence-electron chi connectivity index (χ3n) is 5.62. The molecule has 0 radical (unpaired) electrons. The van der Waals surface area contributed by atoms with Crippen LogP contribution >= 0.6 is 0 Å². The summed E-state index contributed by atoms with van der Waals surface area (Å²) in [5.41, 5.74) is 0.802. The molecule has 0 bridgehead atoms. The summed E-state index contributed by atoms with van der Waals surface area (Å²) in [5, 5.41) is 11.2. The summed E-state index contributed by atoms with van der Waals surface area (Å²) in [6.45, 7) is 9.26. The lowest BCUT2D eigenvalue weighted by atomic mass is 9.94. The van der Waals surface area contributed by atoms with E-state index in [0.29, 0.717) is 24.8 Å². The molecule has 2 saturated heterocycles. The lowest BCUT2D eigenvalue weighted by Crippen LogP contribution is -2.53. The molecule has 1 aromatic carbocycles. The van der Waals surface area contributed by atoms with Gasteiger partial charge < -0.3 is 9.80 Å². The smallest absolute Gasteiger partial charge is 0.292 e. The minimum Gasteiger partial charge on any atom is -0.366 e. The Labute approximate surface area is 154 Å². The molecule has 0 aromatic heterocycles. The lowest BCUT2D eigenvalue weighted by molar-refractivity contribution is -0.384. The number of amides is 1. The number of nitro benzene ring substituents is 1. The number of anilines is 1. The Kier molecular flexibility index (Phi) is 5.76. The van der Waals surface area contributed by atoms with E-state index in [1.165, 1.54) is 0 Å². The number of nitro groups is 1. The highest BCUT2D eigenvalue weighted by atomic mass is 16.6. The van der Waals surface area contributed by atoms with Gasteiger partial charge in [-0.2, -0.15) is 0 Å². The quantitative estimate of drug-likeness (QED) is 0.609. The zero-order valence-electron chi connectivity index (χ0n) is 15.6.